The van der Waals surface area contributed by atoms with E-state index in [1.54, 1.807) is 0 Å². The van der Waals surface area contributed by atoms with Crippen LogP contribution in [0.15, 0.2) is 429 Å². The lowest BCUT2D eigenvalue weighted by atomic mass is 9.81. The largest absolute Gasteiger partial charge is 0.456 e. The molecule has 5 heteroatoms. The van der Waals surface area contributed by atoms with Crippen LogP contribution in [0.2, 0.25) is 0 Å². The Morgan fingerprint density at radius 3 is 0.807 bits per heavy atom. The second-order valence-electron chi connectivity index (χ2n) is 33.2. The molecule has 0 saturated heterocycles. The van der Waals surface area contributed by atoms with Crippen LogP contribution in [0.4, 0.5) is 34.1 Å². The molecule has 119 heavy (non-hydrogen) atoms. The summed E-state index contributed by atoms with van der Waals surface area (Å²) in [5.41, 5.74) is 31.0. The molecule has 0 fully saturated rings. The fourth-order valence-electron chi connectivity index (χ4n) is 17.8. The molecule has 3 aromatic heterocycles. The maximum Gasteiger partial charge on any atom is 0.135 e. The summed E-state index contributed by atoms with van der Waals surface area (Å²) in [6, 6.07) is 157. The van der Waals surface area contributed by atoms with Gasteiger partial charge < -0.3 is 23.4 Å². The smallest absolute Gasteiger partial charge is 0.135 e. The minimum atomic E-state index is -0.265. The van der Waals surface area contributed by atoms with E-state index >= 15 is 0 Å². The Kier molecular flexibility index (Phi) is 18.7. The van der Waals surface area contributed by atoms with E-state index in [9.17, 15) is 0 Å². The Balaban J connectivity index is 0.964. The van der Waals surface area contributed by atoms with E-state index in [0.29, 0.717) is 0 Å². The summed E-state index contributed by atoms with van der Waals surface area (Å²) in [7, 11) is 0. The van der Waals surface area contributed by atoms with Gasteiger partial charge in [0.15, 0.2) is 0 Å². The summed E-state index contributed by atoms with van der Waals surface area (Å²) in [5.74, 6) is 0. The molecule has 0 saturated carbocycles. The average Bonchev–Trinajstić information content (AvgIpc) is 1.73. The number of aromatic nitrogens is 2. The number of para-hydroxylation sites is 1. The average molecular weight is 1530 g/mol. The molecule has 0 atom stereocenters. The van der Waals surface area contributed by atoms with Crippen molar-refractivity contribution in [1.29, 1.82) is 0 Å². The van der Waals surface area contributed by atoms with E-state index in [1.807, 2.05) is 0 Å². The number of hydrogen-bond acceptors (Lipinski definition) is 3. The topological polar surface area (TPSA) is 29.5 Å². The van der Waals surface area contributed by atoms with Crippen LogP contribution in [0, 0.1) is 0 Å². The van der Waals surface area contributed by atoms with Gasteiger partial charge in [0.25, 0.3) is 0 Å². The predicted octanol–water partition coefficient (Wildman–Crippen LogP) is 32.0. The summed E-state index contributed by atoms with van der Waals surface area (Å²) in [6.07, 6.45) is 0. The molecule has 0 aliphatic heterocycles. The number of furan rings is 1. The first kappa shape index (κ1) is 73.1. The van der Waals surface area contributed by atoms with Crippen molar-refractivity contribution in [2.45, 2.75) is 52.4 Å². The molecule has 17 aromatic carbocycles. The number of rotatable bonds is 17. The Bertz CT molecular complexity index is 6490. The highest BCUT2D eigenvalue weighted by atomic mass is 16.3. The second kappa shape index (κ2) is 30.4. The number of nitrogens with zero attached hydrogens (tertiary/aromatic N) is 4. The third-order valence-corrected chi connectivity index (χ3v) is 23.5. The zero-order chi connectivity index (χ0) is 80.3. The second-order valence-corrected chi connectivity index (χ2v) is 33.2. The van der Waals surface area contributed by atoms with Gasteiger partial charge in [0.1, 0.15) is 11.2 Å². The lowest BCUT2D eigenvalue weighted by Gasteiger charge is -2.36. The number of hydrogen-bond donors (Lipinski definition) is 0. The summed E-state index contributed by atoms with van der Waals surface area (Å²) in [6.45, 7) is 14.0. The standard InChI is InChI=1S/C114H88N4O/c1-113(2,3)87-70-100(77-39-15-7-16-40-77)111(101(71-87)78-41-17-8-18-42-78)115(89-55-37-57-91(74-89)117-107(81-47-23-11-24-48-81)96-60-31-32-61-97(96)108(117)82-49-25-12-26-50-82)93-67-86(85-65-66-106-104(69-85)95-59-35-36-64-105(95)119-106)68-94(76-93)116(112-102(79-43-19-9-20-44-79)72-88(114(4,5)6)73-103(112)80-45-21-10-22-46-80)90-56-38-58-92(75-90)118-109(83-51-27-13-28-52-83)98-62-33-34-63-99(98)110(118)84-53-29-14-30-54-84/h7-76H,1-6H3. The van der Waals surface area contributed by atoms with Crippen molar-refractivity contribution in [2.75, 3.05) is 9.80 Å². The van der Waals surface area contributed by atoms with Gasteiger partial charge in [0.05, 0.1) is 34.2 Å². The minimum absolute atomic E-state index is 0.265. The van der Waals surface area contributed by atoms with Crippen molar-refractivity contribution >= 4 is 77.6 Å². The Hall–Kier alpha value is -14.8. The van der Waals surface area contributed by atoms with Gasteiger partial charge in [-0.2, -0.15) is 0 Å². The molecule has 0 amide bonds. The molecule has 0 radical (unpaired) electrons. The third kappa shape index (κ3) is 13.6. The predicted molar refractivity (Wildman–Crippen MR) is 503 cm³/mol. The van der Waals surface area contributed by atoms with Gasteiger partial charge in [-0.25, -0.2) is 0 Å². The van der Waals surface area contributed by atoms with Crippen LogP contribution >= 0.6 is 0 Å². The van der Waals surface area contributed by atoms with Crippen molar-refractivity contribution in [3.63, 3.8) is 0 Å². The zero-order valence-corrected chi connectivity index (χ0v) is 67.6. The lowest BCUT2D eigenvalue weighted by molar-refractivity contribution is 0.590. The lowest BCUT2D eigenvalue weighted by Crippen LogP contribution is -2.18. The highest BCUT2D eigenvalue weighted by Gasteiger charge is 2.33. The first-order valence-electron chi connectivity index (χ1n) is 41.3. The van der Waals surface area contributed by atoms with Crippen LogP contribution in [0.25, 0.3) is 156 Å². The molecule has 0 spiro atoms. The van der Waals surface area contributed by atoms with E-state index in [2.05, 4.69) is 485 Å². The van der Waals surface area contributed by atoms with Crippen LogP contribution in [0.5, 0.6) is 0 Å². The highest BCUT2D eigenvalue weighted by Crippen LogP contribution is 2.56. The van der Waals surface area contributed by atoms with Gasteiger partial charge in [-0.15, -0.1) is 0 Å². The van der Waals surface area contributed by atoms with Crippen molar-refractivity contribution in [3.8, 4) is 112 Å². The van der Waals surface area contributed by atoms with Crippen molar-refractivity contribution in [3.05, 3.63) is 436 Å². The number of anilines is 6. The maximum atomic E-state index is 6.75. The normalized spacial score (nSPS) is 11.8. The Labute approximate surface area is 696 Å². The molecule has 3 heterocycles. The van der Waals surface area contributed by atoms with Gasteiger partial charge in [0.2, 0.25) is 0 Å². The molecule has 0 bridgehead atoms. The Morgan fingerprint density at radius 2 is 0.487 bits per heavy atom. The molecule has 5 nitrogen and oxygen atoms in total. The highest BCUT2D eigenvalue weighted by molar-refractivity contribution is 6.11. The van der Waals surface area contributed by atoms with Crippen LogP contribution in [-0.2, 0) is 10.8 Å². The van der Waals surface area contributed by atoms with E-state index in [1.165, 1.54) is 11.1 Å². The van der Waals surface area contributed by atoms with Crippen LogP contribution in [-0.4, -0.2) is 9.13 Å². The first-order valence-corrected chi connectivity index (χ1v) is 41.3. The molecule has 0 N–H and O–H groups in total. The molecule has 20 rings (SSSR count). The molecule has 0 aliphatic carbocycles. The van der Waals surface area contributed by atoms with Crippen molar-refractivity contribution in [1.82, 2.24) is 9.13 Å². The summed E-state index contributed by atoms with van der Waals surface area (Å²) in [4.78, 5) is 5.20. The minimum Gasteiger partial charge on any atom is -0.456 e. The molecule has 0 aliphatic rings. The molecule has 570 valence electrons. The van der Waals surface area contributed by atoms with E-state index < -0.39 is 0 Å². The van der Waals surface area contributed by atoms with Crippen LogP contribution in [0.3, 0.4) is 0 Å². The number of fused-ring (bicyclic) bond motifs is 5. The van der Waals surface area contributed by atoms with E-state index in [4.69, 9.17) is 4.42 Å². The van der Waals surface area contributed by atoms with Crippen molar-refractivity contribution in [2.24, 2.45) is 0 Å². The fourth-order valence-corrected chi connectivity index (χ4v) is 17.8. The third-order valence-electron chi connectivity index (χ3n) is 23.5. The molecular weight excluding hydrogens is 1440 g/mol. The quantitative estimate of drug-likeness (QED) is 0.0910. The van der Waals surface area contributed by atoms with Gasteiger partial charge in [-0.3, -0.25) is 0 Å². The van der Waals surface area contributed by atoms with Gasteiger partial charge in [-0.1, -0.05) is 369 Å². The van der Waals surface area contributed by atoms with Gasteiger partial charge in [-0.05, 0) is 175 Å². The van der Waals surface area contributed by atoms with Gasteiger partial charge in [0, 0.05) is 88.7 Å². The maximum absolute atomic E-state index is 6.75. The van der Waals surface area contributed by atoms with Crippen molar-refractivity contribution < 1.29 is 4.42 Å². The summed E-state index contributed by atoms with van der Waals surface area (Å²) in [5, 5.41) is 6.75. The summed E-state index contributed by atoms with van der Waals surface area (Å²) >= 11 is 0. The number of benzene rings is 17. The molecular formula is C114H88N4O. The molecule has 20 aromatic rings. The SMILES string of the molecule is CC(C)(C)c1cc(-c2ccccc2)c(N(c2cc(-c3ccc4oc5ccccc5c4c3)cc(N(c3cccc(-n4c(-c5ccccc5)c5ccccc5c4-c4ccccc4)c3)c3c(-c4ccccc4)cc(C(C)(C)C)cc3-c3ccccc3)c2)c2cccc(-n3c(-c4ccccc4)c4ccccc4c3-c3ccccc3)c2)c(-c2ccccc2)c1. The van der Waals surface area contributed by atoms with Crippen LogP contribution < -0.4 is 9.80 Å². The Morgan fingerprint density at radius 1 is 0.202 bits per heavy atom. The fraction of sp³-hybridized carbons (Fsp3) is 0.0702. The monoisotopic (exact) mass is 1530 g/mol. The van der Waals surface area contributed by atoms with Crippen LogP contribution in [0.1, 0.15) is 52.7 Å². The molecule has 0 unspecified atom stereocenters. The summed E-state index contributed by atoms with van der Waals surface area (Å²) < 4.78 is 11.8. The van der Waals surface area contributed by atoms with Gasteiger partial charge >= 0.3 is 0 Å². The van der Waals surface area contributed by atoms with E-state index in [-0.39, 0.29) is 10.8 Å². The van der Waals surface area contributed by atoms with E-state index in [0.717, 1.165) is 190 Å². The zero-order valence-electron chi connectivity index (χ0n) is 67.6. The first-order chi connectivity index (χ1) is 58.3.